The maximum atomic E-state index is 15.2. The molecule has 0 aliphatic carbocycles. The second-order valence-corrected chi connectivity index (χ2v) is 14.7. The van der Waals surface area contributed by atoms with E-state index in [0.29, 0.717) is 0 Å². The Morgan fingerprint density at radius 1 is 0.381 bits per heavy atom. The SMILES string of the molecule is CCO[Si](OCC)(OCC)C(C)C(F)(F)C(F)(F)C(F)(F)C(F)(F)C(F)(F)C(F)(F)C(C)[Si](OCC)(OCC)OCC. The number of rotatable bonds is 21. The van der Waals surface area contributed by atoms with E-state index in [0.717, 1.165) is 41.5 Å². The minimum atomic E-state index is -7.79. The first-order valence-corrected chi connectivity index (χ1v) is 16.6. The molecule has 0 radical (unpaired) electrons. The van der Waals surface area contributed by atoms with Crippen molar-refractivity contribution in [3.63, 3.8) is 0 Å². The van der Waals surface area contributed by atoms with Gasteiger partial charge in [0, 0.05) is 39.6 Å². The van der Waals surface area contributed by atoms with Gasteiger partial charge in [0.2, 0.25) is 0 Å². The van der Waals surface area contributed by atoms with Crippen LogP contribution in [0.4, 0.5) is 52.7 Å². The average molecular weight is 683 g/mol. The zero-order chi connectivity index (χ0) is 33.6. The van der Waals surface area contributed by atoms with Gasteiger partial charge in [-0.25, -0.2) is 0 Å². The fourth-order valence-electron chi connectivity index (χ4n) is 4.01. The van der Waals surface area contributed by atoms with Crippen LogP contribution in [0.15, 0.2) is 0 Å². The predicted octanol–water partition coefficient (Wildman–Crippen LogP) is 7.68. The van der Waals surface area contributed by atoms with Crippen molar-refractivity contribution in [2.45, 2.75) is 102 Å². The standard InChI is InChI=1S/C22H38F12O6Si2/c1-9-35-41(36-10-2,37-11-3)15(7)17(23,24)19(27,28)21(31,32)22(33,34)20(29,30)18(25,26)16(8)42(38-12-4,39-13-5)40-14-6/h15-16H,9-14H2,1-8H3. The summed E-state index contributed by atoms with van der Waals surface area (Å²) in [5, 5.41) is 0. The summed E-state index contributed by atoms with van der Waals surface area (Å²) in [7, 11) is -10.2. The van der Waals surface area contributed by atoms with E-state index >= 15 is 17.6 Å². The molecule has 0 rings (SSSR count). The van der Waals surface area contributed by atoms with Crippen LogP contribution in [-0.2, 0) is 26.6 Å². The fraction of sp³-hybridized carbons (Fsp3) is 1.00. The van der Waals surface area contributed by atoms with Crippen LogP contribution in [0, 0.1) is 0 Å². The molecule has 0 heterocycles. The van der Waals surface area contributed by atoms with Crippen molar-refractivity contribution in [3.8, 4) is 0 Å². The molecule has 0 bridgehead atoms. The third-order valence-corrected chi connectivity index (χ3v) is 13.2. The van der Waals surface area contributed by atoms with Crippen LogP contribution in [0.3, 0.4) is 0 Å². The zero-order valence-corrected chi connectivity index (χ0v) is 26.4. The molecular formula is C22H38F12O6Si2. The highest BCUT2D eigenvalue weighted by atomic mass is 28.4. The topological polar surface area (TPSA) is 55.4 Å². The first-order chi connectivity index (χ1) is 18.9. The van der Waals surface area contributed by atoms with Crippen LogP contribution in [-0.4, -0.2) is 92.8 Å². The van der Waals surface area contributed by atoms with Gasteiger partial charge in [0.15, 0.2) is 0 Å². The highest BCUT2D eigenvalue weighted by Gasteiger charge is 2.92. The summed E-state index contributed by atoms with van der Waals surface area (Å²) in [4.78, 5) is 0. The lowest BCUT2D eigenvalue weighted by molar-refractivity contribution is -0.426. The largest absolute Gasteiger partial charge is 0.510 e. The molecule has 0 aromatic carbocycles. The van der Waals surface area contributed by atoms with E-state index in [-0.39, 0.29) is 13.8 Å². The van der Waals surface area contributed by atoms with E-state index in [9.17, 15) is 35.1 Å². The van der Waals surface area contributed by atoms with Gasteiger partial charge >= 0.3 is 53.1 Å². The summed E-state index contributed by atoms with van der Waals surface area (Å²) < 4.78 is 209. The Bertz CT molecular complexity index is 738. The normalized spacial score (nSPS) is 16.6. The van der Waals surface area contributed by atoms with Gasteiger partial charge in [-0.1, -0.05) is 13.8 Å². The molecule has 0 fully saturated rings. The molecular weight excluding hydrogens is 644 g/mol. The van der Waals surface area contributed by atoms with Crippen molar-refractivity contribution in [2.24, 2.45) is 0 Å². The van der Waals surface area contributed by atoms with Crippen LogP contribution in [0.2, 0.25) is 11.1 Å². The van der Waals surface area contributed by atoms with Crippen molar-refractivity contribution in [3.05, 3.63) is 0 Å². The van der Waals surface area contributed by atoms with E-state index in [2.05, 4.69) is 0 Å². The van der Waals surface area contributed by atoms with E-state index in [1.807, 2.05) is 0 Å². The number of hydrogen-bond donors (Lipinski definition) is 0. The maximum absolute atomic E-state index is 15.2. The Labute approximate surface area is 239 Å². The minimum absolute atomic E-state index is 0.149. The lowest BCUT2D eigenvalue weighted by atomic mass is 9.89. The summed E-state index contributed by atoms with van der Waals surface area (Å²) >= 11 is 0. The summed E-state index contributed by atoms with van der Waals surface area (Å²) in [6.45, 7) is 3.90. The van der Waals surface area contributed by atoms with Crippen LogP contribution in [0.1, 0.15) is 55.4 Å². The third-order valence-electron chi connectivity index (χ3n) is 6.24. The predicted molar refractivity (Wildman–Crippen MR) is 130 cm³/mol. The average Bonchev–Trinajstić information content (AvgIpc) is 2.87. The number of halogens is 12. The molecule has 0 aromatic rings. The summed E-state index contributed by atoms with van der Waals surface area (Å²) in [6.07, 6.45) is 0. The van der Waals surface area contributed by atoms with Crippen molar-refractivity contribution < 1.29 is 79.2 Å². The molecule has 0 aliphatic heterocycles. The molecule has 2 atom stereocenters. The van der Waals surface area contributed by atoms with E-state index < -0.39 is 104 Å². The molecule has 254 valence electrons. The van der Waals surface area contributed by atoms with Gasteiger partial charge in [0.1, 0.15) is 0 Å². The Balaban J connectivity index is 7.11. The van der Waals surface area contributed by atoms with Crippen LogP contribution in [0.25, 0.3) is 0 Å². The van der Waals surface area contributed by atoms with Gasteiger partial charge in [0.05, 0.1) is 11.1 Å². The van der Waals surface area contributed by atoms with Crippen molar-refractivity contribution in [2.75, 3.05) is 39.6 Å². The van der Waals surface area contributed by atoms with Gasteiger partial charge in [-0.15, -0.1) is 0 Å². The highest BCUT2D eigenvalue weighted by Crippen LogP contribution is 2.64. The maximum Gasteiger partial charge on any atom is 0.510 e. The lowest BCUT2D eigenvalue weighted by Crippen LogP contribution is -2.74. The van der Waals surface area contributed by atoms with E-state index in [1.54, 1.807) is 0 Å². The zero-order valence-electron chi connectivity index (χ0n) is 24.4. The monoisotopic (exact) mass is 682 g/mol. The summed E-state index contributed by atoms with van der Waals surface area (Å²) in [5.74, 6) is -43.0. The molecule has 0 aliphatic rings. The van der Waals surface area contributed by atoms with E-state index in [1.165, 1.54) is 0 Å². The fourth-order valence-corrected chi connectivity index (χ4v) is 9.67. The van der Waals surface area contributed by atoms with Crippen LogP contribution in [0.5, 0.6) is 0 Å². The molecule has 2 unspecified atom stereocenters. The van der Waals surface area contributed by atoms with Crippen LogP contribution < -0.4 is 0 Å². The lowest BCUT2D eigenvalue weighted by Gasteiger charge is -2.46. The van der Waals surface area contributed by atoms with E-state index in [4.69, 9.17) is 26.6 Å². The molecule has 20 heteroatoms. The highest BCUT2D eigenvalue weighted by molar-refractivity contribution is 6.63. The first-order valence-electron chi connectivity index (χ1n) is 13.0. The van der Waals surface area contributed by atoms with Crippen LogP contribution >= 0.6 is 0 Å². The Kier molecular flexibility index (Phi) is 14.4. The Hall–Kier alpha value is -0.646. The van der Waals surface area contributed by atoms with Gasteiger partial charge in [-0.2, -0.15) is 52.7 Å². The summed E-state index contributed by atoms with van der Waals surface area (Å²) in [5.41, 5.74) is -6.49. The molecule has 0 spiro atoms. The van der Waals surface area contributed by atoms with Crippen molar-refractivity contribution in [1.82, 2.24) is 0 Å². The second-order valence-electron chi connectivity index (χ2n) is 8.79. The molecule has 0 amide bonds. The number of hydrogen-bond acceptors (Lipinski definition) is 6. The number of alkyl halides is 12. The smallest absolute Gasteiger partial charge is 0.373 e. The molecule has 42 heavy (non-hydrogen) atoms. The summed E-state index contributed by atoms with van der Waals surface area (Å²) in [6, 6.07) is 0. The van der Waals surface area contributed by atoms with Gasteiger partial charge in [-0.3, -0.25) is 0 Å². The molecule has 0 aromatic heterocycles. The third kappa shape index (κ3) is 6.79. The first kappa shape index (κ1) is 41.4. The molecule has 0 saturated heterocycles. The van der Waals surface area contributed by atoms with Gasteiger partial charge in [0.25, 0.3) is 0 Å². The van der Waals surface area contributed by atoms with Gasteiger partial charge < -0.3 is 26.6 Å². The molecule has 6 nitrogen and oxygen atoms in total. The van der Waals surface area contributed by atoms with Gasteiger partial charge in [-0.05, 0) is 41.5 Å². The quantitative estimate of drug-likeness (QED) is 0.0916. The van der Waals surface area contributed by atoms with Crippen molar-refractivity contribution >= 4 is 17.6 Å². The Morgan fingerprint density at radius 3 is 0.690 bits per heavy atom. The Morgan fingerprint density at radius 2 is 0.548 bits per heavy atom. The minimum Gasteiger partial charge on any atom is -0.373 e. The molecule has 0 N–H and O–H groups in total. The van der Waals surface area contributed by atoms with Crippen molar-refractivity contribution in [1.29, 1.82) is 0 Å². The second kappa shape index (κ2) is 14.6. The molecule has 0 saturated carbocycles.